The Balaban J connectivity index is 1.57. The maximum atomic E-state index is 12.4. The molecule has 1 heterocycles. The van der Waals surface area contributed by atoms with Crippen LogP contribution in [0.15, 0.2) is 47.4 Å². The minimum atomic E-state index is -0.0645. The molecule has 0 radical (unpaired) electrons. The standard InChI is InChI=1S/C22H22ClNO4S2/c1-3-24-21(25)20(30-22(24)29)14-15-9-10-18(19(13-15)26-2)28-12-6-11-27-17-8-5-4-7-16(17)23/h4-5,7-10,13-14H,3,6,11-12H2,1-2H3. The zero-order valence-electron chi connectivity index (χ0n) is 16.7. The second-order valence-electron chi connectivity index (χ2n) is 6.32. The molecule has 0 N–H and O–H groups in total. The molecule has 0 aromatic heterocycles. The van der Waals surface area contributed by atoms with Crippen molar-refractivity contribution in [1.82, 2.24) is 4.90 Å². The van der Waals surface area contributed by atoms with Gasteiger partial charge in [0, 0.05) is 13.0 Å². The number of carbonyl (C=O) groups excluding carboxylic acids is 1. The van der Waals surface area contributed by atoms with Crippen LogP contribution in [-0.2, 0) is 4.79 Å². The van der Waals surface area contributed by atoms with Crippen molar-refractivity contribution in [2.75, 3.05) is 26.9 Å². The lowest BCUT2D eigenvalue weighted by atomic mass is 10.2. The molecule has 1 saturated heterocycles. The summed E-state index contributed by atoms with van der Waals surface area (Å²) >= 11 is 12.6. The predicted molar refractivity (Wildman–Crippen MR) is 126 cm³/mol. The summed E-state index contributed by atoms with van der Waals surface area (Å²) in [6, 6.07) is 12.9. The summed E-state index contributed by atoms with van der Waals surface area (Å²) in [5.41, 5.74) is 0.845. The molecule has 5 nitrogen and oxygen atoms in total. The van der Waals surface area contributed by atoms with Crippen molar-refractivity contribution in [2.45, 2.75) is 13.3 Å². The van der Waals surface area contributed by atoms with Gasteiger partial charge in [-0.3, -0.25) is 9.69 Å². The van der Waals surface area contributed by atoms with E-state index in [1.807, 2.05) is 49.4 Å². The largest absolute Gasteiger partial charge is 0.493 e. The van der Waals surface area contributed by atoms with Crippen molar-refractivity contribution >= 4 is 51.9 Å². The fourth-order valence-corrected chi connectivity index (χ4v) is 4.38. The van der Waals surface area contributed by atoms with Gasteiger partial charge in [0.15, 0.2) is 11.5 Å². The van der Waals surface area contributed by atoms with Gasteiger partial charge in [0.2, 0.25) is 0 Å². The maximum Gasteiger partial charge on any atom is 0.266 e. The maximum absolute atomic E-state index is 12.4. The summed E-state index contributed by atoms with van der Waals surface area (Å²) in [5.74, 6) is 1.83. The van der Waals surface area contributed by atoms with Gasteiger partial charge in [-0.05, 0) is 42.8 Å². The SMILES string of the molecule is CCN1C(=O)C(=Cc2ccc(OCCCOc3ccccc3Cl)c(OC)c2)SC1=S. The topological polar surface area (TPSA) is 48.0 Å². The van der Waals surface area contributed by atoms with Crippen molar-refractivity contribution < 1.29 is 19.0 Å². The highest BCUT2D eigenvalue weighted by atomic mass is 35.5. The zero-order valence-corrected chi connectivity index (χ0v) is 19.1. The first-order valence-electron chi connectivity index (χ1n) is 9.47. The summed E-state index contributed by atoms with van der Waals surface area (Å²) in [6.45, 7) is 3.43. The normalized spacial score (nSPS) is 15.0. The molecule has 0 bridgehead atoms. The van der Waals surface area contributed by atoms with Crippen molar-refractivity contribution in [3.8, 4) is 17.2 Å². The molecule has 1 fully saturated rings. The molecular weight excluding hydrogens is 442 g/mol. The van der Waals surface area contributed by atoms with Crippen LogP contribution in [0, 0.1) is 0 Å². The fourth-order valence-electron chi connectivity index (χ4n) is 2.80. The Hall–Kier alpha value is -2.22. The molecular formula is C22H22ClNO4S2. The van der Waals surface area contributed by atoms with Crippen LogP contribution in [0.25, 0.3) is 6.08 Å². The number of para-hydroxylation sites is 1. The lowest BCUT2D eigenvalue weighted by molar-refractivity contribution is -0.121. The number of hydrogen-bond acceptors (Lipinski definition) is 6. The van der Waals surface area contributed by atoms with E-state index in [2.05, 4.69) is 0 Å². The Labute approximate surface area is 190 Å². The smallest absolute Gasteiger partial charge is 0.266 e. The van der Waals surface area contributed by atoms with Gasteiger partial charge < -0.3 is 14.2 Å². The molecule has 3 rings (SSSR count). The molecule has 0 saturated carbocycles. The van der Waals surface area contributed by atoms with Gasteiger partial charge >= 0.3 is 0 Å². The number of thiocarbonyl (C=S) groups is 1. The third-order valence-corrected chi connectivity index (χ3v) is 6.01. The lowest BCUT2D eigenvalue weighted by Gasteiger charge is -2.12. The average molecular weight is 464 g/mol. The first-order valence-corrected chi connectivity index (χ1v) is 11.1. The van der Waals surface area contributed by atoms with Crippen molar-refractivity contribution in [3.05, 3.63) is 58.0 Å². The van der Waals surface area contributed by atoms with Crippen LogP contribution in [0.2, 0.25) is 5.02 Å². The minimum Gasteiger partial charge on any atom is -0.493 e. The quantitative estimate of drug-likeness (QED) is 0.281. The molecule has 1 aliphatic rings. The van der Waals surface area contributed by atoms with Gasteiger partial charge in [-0.2, -0.15) is 0 Å². The number of nitrogens with zero attached hydrogens (tertiary/aromatic N) is 1. The van der Waals surface area contributed by atoms with Crippen LogP contribution in [0.1, 0.15) is 18.9 Å². The van der Waals surface area contributed by atoms with Crippen LogP contribution in [0.5, 0.6) is 17.2 Å². The number of hydrogen-bond donors (Lipinski definition) is 0. The van der Waals surface area contributed by atoms with E-state index in [1.54, 1.807) is 18.1 Å². The number of thioether (sulfide) groups is 1. The lowest BCUT2D eigenvalue weighted by Crippen LogP contribution is -2.27. The summed E-state index contributed by atoms with van der Waals surface area (Å²) < 4.78 is 17.5. The van der Waals surface area contributed by atoms with Gasteiger partial charge in [0.25, 0.3) is 5.91 Å². The first-order chi connectivity index (χ1) is 14.5. The number of rotatable bonds is 9. The number of ether oxygens (including phenoxy) is 3. The van der Waals surface area contributed by atoms with Crippen molar-refractivity contribution in [1.29, 1.82) is 0 Å². The minimum absolute atomic E-state index is 0.0645. The number of likely N-dealkylation sites (N-methyl/N-ethyl adjacent to an activating group) is 1. The predicted octanol–water partition coefficient (Wildman–Crippen LogP) is 5.42. The Morgan fingerprint density at radius 2 is 1.83 bits per heavy atom. The molecule has 1 aliphatic heterocycles. The molecule has 2 aromatic rings. The molecule has 30 heavy (non-hydrogen) atoms. The number of halogens is 1. The van der Waals surface area contributed by atoms with Gasteiger partial charge in [-0.25, -0.2) is 0 Å². The van der Waals surface area contributed by atoms with Crippen LogP contribution in [0.4, 0.5) is 0 Å². The van der Waals surface area contributed by atoms with Gasteiger partial charge in [0.1, 0.15) is 10.1 Å². The molecule has 0 aliphatic carbocycles. The number of methoxy groups -OCH3 is 1. The van der Waals surface area contributed by atoms with Crippen LogP contribution in [-0.4, -0.2) is 42.0 Å². The third kappa shape index (κ3) is 5.47. The highest BCUT2D eigenvalue weighted by Crippen LogP contribution is 2.34. The summed E-state index contributed by atoms with van der Waals surface area (Å²) in [6.07, 6.45) is 2.51. The zero-order chi connectivity index (χ0) is 21.5. The van der Waals surface area contributed by atoms with Crippen LogP contribution < -0.4 is 14.2 Å². The average Bonchev–Trinajstić information content (AvgIpc) is 3.01. The summed E-state index contributed by atoms with van der Waals surface area (Å²) in [7, 11) is 1.59. The molecule has 2 aromatic carbocycles. The van der Waals surface area contributed by atoms with E-state index in [1.165, 1.54) is 11.8 Å². The van der Waals surface area contributed by atoms with E-state index >= 15 is 0 Å². The van der Waals surface area contributed by atoms with Gasteiger partial charge in [0.05, 0.1) is 30.3 Å². The number of benzene rings is 2. The van der Waals surface area contributed by atoms with Crippen molar-refractivity contribution in [3.63, 3.8) is 0 Å². The Morgan fingerprint density at radius 3 is 2.50 bits per heavy atom. The second-order valence-corrected chi connectivity index (χ2v) is 8.40. The van der Waals surface area contributed by atoms with E-state index in [-0.39, 0.29) is 5.91 Å². The molecule has 0 spiro atoms. The van der Waals surface area contributed by atoms with Crippen LogP contribution in [0.3, 0.4) is 0 Å². The molecule has 0 unspecified atom stereocenters. The fraction of sp³-hybridized carbons (Fsp3) is 0.273. The second kappa shape index (κ2) is 10.7. The number of carbonyl (C=O) groups is 1. The summed E-state index contributed by atoms with van der Waals surface area (Å²) in [4.78, 5) is 14.6. The highest BCUT2D eigenvalue weighted by molar-refractivity contribution is 8.26. The molecule has 8 heteroatoms. The molecule has 1 amide bonds. The molecule has 158 valence electrons. The highest BCUT2D eigenvalue weighted by Gasteiger charge is 2.30. The van der Waals surface area contributed by atoms with Gasteiger partial charge in [-0.15, -0.1) is 0 Å². The Morgan fingerprint density at radius 1 is 1.10 bits per heavy atom. The Kier molecular flexibility index (Phi) is 8.01. The molecule has 0 atom stereocenters. The van der Waals surface area contributed by atoms with E-state index < -0.39 is 0 Å². The van der Waals surface area contributed by atoms with E-state index in [9.17, 15) is 4.79 Å². The number of amides is 1. The van der Waals surface area contributed by atoms with E-state index in [4.69, 9.17) is 38.0 Å². The van der Waals surface area contributed by atoms with Gasteiger partial charge in [-0.1, -0.05) is 53.8 Å². The van der Waals surface area contributed by atoms with E-state index in [0.717, 1.165) is 5.56 Å². The first kappa shape index (κ1) is 22.5. The Bertz CT molecular complexity index is 964. The van der Waals surface area contributed by atoms with Crippen molar-refractivity contribution in [2.24, 2.45) is 0 Å². The van der Waals surface area contributed by atoms with Crippen LogP contribution >= 0.6 is 35.6 Å². The van der Waals surface area contributed by atoms with E-state index in [0.29, 0.717) is 57.7 Å². The summed E-state index contributed by atoms with van der Waals surface area (Å²) in [5, 5.41) is 0.589. The monoisotopic (exact) mass is 463 g/mol. The third-order valence-electron chi connectivity index (χ3n) is 4.32.